The topological polar surface area (TPSA) is 58.2 Å². The Morgan fingerprint density at radius 2 is 2.25 bits per heavy atom. The molecule has 2 N–H and O–H groups in total. The standard InChI is InChI=1S/C11H13ClN2O2/c12-9-4-3-5-10(8-9)14-11(16)13-6-1-2-7-15/h3-5,7-8H,1-2,6H2,(H2,13,14,16). The van der Waals surface area contributed by atoms with Crippen LogP contribution < -0.4 is 10.6 Å². The van der Waals surface area contributed by atoms with Crippen molar-refractivity contribution in [2.75, 3.05) is 11.9 Å². The molecule has 0 bridgehead atoms. The number of hydrogen-bond donors (Lipinski definition) is 2. The highest BCUT2D eigenvalue weighted by Crippen LogP contribution is 2.14. The maximum absolute atomic E-state index is 11.3. The third-order valence-corrected chi connectivity index (χ3v) is 2.10. The molecule has 86 valence electrons. The summed E-state index contributed by atoms with van der Waals surface area (Å²) in [4.78, 5) is 21.4. The fourth-order valence-corrected chi connectivity index (χ4v) is 1.32. The molecule has 1 rings (SSSR count). The van der Waals surface area contributed by atoms with Crippen molar-refractivity contribution < 1.29 is 9.59 Å². The lowest BCUT2D eigenvalue weighted by Gasteiger charge is -2.06. The molecule has 0 fully saturated rings. The molecule has 0 saturated carbocycles. The number of carbonyl (C=O) groups is 2. The summed E-state index contributed by atoms with van der Waals surface area (Å²) >= 11 is 5.76. The van der Waals surface area contributed by atoms with E-state index < -0.39 is 0 Å². The first-order chi connectivity index (χ1) is 7.72. The Bertz CT molecular complexity index is 369. The number of hydrogen-bond acceptors (Lipinski definition) is 2. The summed E-state index contributed by atoms with van der Waals surface area (Å²) in [7, 11) is 0. The van der Waals surface area contributed by atoms with Crippen molar-refractivity contribution in [2.24, 2.45) is 0 Å². The maximum atomic E-state index is 11.3. The molecule has 0 unspecified atom stereocenters. The van der Waals surface area contributed by atoms with Gasteiger partial charge in [0.25, 0.3) is 0 Å². The molecule has 1 aromatic carbocycles. The number of halogens is 1. The van der Waals surface area contributed by atoms with Gasteiger partial charge in [-0.25, -0.2) is 4.79 Å². The quantitative estimate of drug-likeness (QED) is 0.614. The lowest BCUT2D eigenvalue weighted by Crippen LogP contribution is -2.29. The number of urea groups is 1. The second-order valence-corrected chi connectivity index (χ2v) is 3.64. The number of unbranched alkanes of at least 4 members (excludes halogenated alkanes) is 1. The zero-order chi connectivity index (χ0) is 11.8. The molecule has 1 aromatic rings. The molecule has 5 heteroatoms. The molecule has 0 aliphatic heterocycles. The molecule has 0 aliphatic rings. The minimum Gasteiger partial charge on any atom is -0.338 e. The highest BCUT2D eigenvalue weighted by Gasteiger charge is 2.00. The van der Waals surface area contributed by atoms with Crippen LogP contribution in [-0.4, -0.2) is 18.9 Å². The molecular weight excluding hydrogens is 228 g/mol. The van der Waals surface area contributed by atoms with Crippen LogP contribution in [0.2, 0.25) is 5.02 Å². The van der Waals surface area contributed by atoms with Gasteiger partial charge in [0, 0.05) is 23.7 Å². The number of carbonyl (C=O) groups excluding carboxylic acids is 2. The van der Waals surface area contributed by atoms with Crippen molar-refractivity contribution in [1.82, 2.24) is 5.32 Å². The smallest absolute Gasteiger partial charge is 0.319 e. The summed E-state index contributed by atoms with van der Waals surface area (Å²) in [5.74, 6) is 0. The Hall–Kier alpha value is -1.55. The predicted molar refractivity (Wildman–Crippen MR) is 63.8 cm³/mol. The van der Waals surface area contributed by atoms with E-state index in [9.17, 15) is 9.59 Å². The Morgan fingerprint density at radius 1 is 1.44 bits per heavy atom. The Balaban J connectivity index is 2.31. The highest BCUT2D eigenvalue weighted by atomic mass is 35.5. The van der Waals surface area contributed by atoms with Gasteiger partial charge in [-0.3, -0.25) is 0 Å². The van der Waals surface area contributed by atoms with Gasteiger partial charge in [0.05, 0.1) is 0 Å². The van der Waals surface area contributed by atoms with E-state index in [0.717, 1.165) is 6.29 Å². The van der Waals surface area contributed by atoms with Crippen molar-refractivity contribution in [2.45, 2.75) is 12.8 Å². The molecule has 0 aromatic heterocycles. The first-order valence-electron chi connectivity index (χ1n) is 4.96. The summed E-state index contributed by atoms with van der Waals surface area (Å²) < 4.78 is 0. The van der Waals surface area contributed by atoms with E-state index in [0.29, 0.717) is 30.1 Å². The van der Waals surface area contributed by atoms with Gasteiger partial charge >= 0.3 is 6.03 Å². The van der Waals surface area contributed by atoms with Crippen LogP contribution >= 0.6 is 11.6 Å². The van der Waals surface area contributed by atoms with E-state index >= 15 is 0 Å². The van der Waals surface area contributed by atoms with Gasteiger partial charge < -0.3 is 15.4 Å². The largest absolute Gasteiger partial charge is 0.338 e. The fourth-order valence-electron chi connectivity index (χ4n) is 1.13. The SMILES string of the molecule is O=CCCCNC(=O)Nc1cccc(Cl)c1. The van der Waals surface area contributed by atoms with Gasteiger partial charge in [0.2, 0.25) is 0 Å². The second kappa shape index (κ2) is 6.85. The van der Waals surface area contributed by atoms with Gasteiger partial charge in [-0.15, -0.1) is 0 Å². The van der Waals surface area contributed by atoms with E-state index in [1.807, 2.05) is 0 Å². The van der Waals surface area contributed by atoms with E-state index in [-0.39, 0.29) is 6.03 Å². The van der Waals surface area contributed by atoms with Crippen molar-refractivity contribution in [3.63, 3.8) is 0 Å². The Kier molecular flexibility index (Phi) is 5.36. The molecule has 2 amide bonds. The number of amides is 2. The summed E-state index contributed by atoms with van der Waals surface area (Å²) in [6.07, 6.45) is 1.93. The Labute approximate surface area is 99.0 Å². The average Bonchev–Trinajstić information content (AvgIpc) is 2.24. The van der Waals surface area contributed by atoms with Crippen molar-refractivity contribution >= 4 is 29.6 Å². The lowest BCUT2D eigenvalue weighted by atomic mass is 10.3. The van der Waals surface area contributed by atoms with Gasteiger partial charge in [0.1, 0.15) is 6.29 Å². The zero-order valence-electron chi connectivity index (χ0n) is 8.70. The average molecular weight is 241 g/mol. The third kappa shape index (κ3) is 4.79. The first-order valence-corrected chi connectivity index (χ1v) is 5.34. The minimum atomic E-state index is -0.298. The van der Waals surface area contributed by atoms with Crippen molar-refractivity contribution in [3.8, 4) is 0 Å². The molecular formula is C11H13ClN2O2. The van der Waals surface area contributed by atoms with E-state index in [4.69, 9.17) is 11.6 Å². The van der Waals surface area contributed by atoms with Crippen LogP contribution in [0, 0.1) is 0 Å². The molecule has 4 nitrogen and oxygen atoms in total. The molecule has 0 spiro atoms. The van der Waals surface area contributed by atoms with Crippen LogP contribution in [-0.2, 0) is 4.79 Å². The van der Waals surface area contributed by atoms with Crippen LogP contribution in [0.4, 0.5) is 10.5 Å². The summed E-state index contributed by atoms with van der Waals surface area (Å²) in [6.45, 7) is 0.477. The maximum Gasteiger partial charge on any atom is 0.319 e. The van der Waals surface area contributed by atoms with E-state index in [2.05, 4.69) is 10.6 Å². The number of anilines is 1. The fraction of sp³-hybridized carbons (Fsp3) is 0.273. The molecule has 0 saturated heterocycles. The number of aldehydes is 1. The highest BCUT2D eigenvalue weighted by molar-refractivity contribution is 6.30. The molecule has 0 radical (unpaired) electrons. The summed E-state index contributed by atoms with van der Waals surface area (Å²) in [6, 6.07) is 6.59. The first kappa shape index (κ1) is 12.5. The molecule has 0 aliphatic carbocycles. The molecule has 0 heterocycles. The molecule has 16 heavy (non-hydrogen) atoms. The monoisotopic (exact) mass is 240 g/mol. The van der Waals surface area contributed by atoms with Crippen LogP contribution in [0.15, 0.2) is 24.3 Å². The molecule has 0 atom stereocenters. The van der Waals surface area contributed by atoms with Gasteiger partial charge in [-0.2, -0.15) is 0 Å². The van der Waals surface area contributed by atoms with Gasteiger partial charge in [0.15, 0.2) is 0 Å². The minimum absolute atomic E-state index is 0.298. The van der Waals surface area contributed by atoms with E-state index in [1.54, 1.807) is 24.3 Å². The van der Waals surface area contributed by atoms with Crippen LogP contribution in [0.25, 0.3) is 0 Å². The normalized spacial score (nSPS) is 9.56. The number of benzene rings is 1. The number of rotatable bonds is 5. The lowest BCUT2D eigenvalue weighted by molar-refractivity contribution is -0.107. The van der Waals surface area contributed by atoms with Crippen molar-refractivity contribution in [3.05, 3.63) is 29.3 Å². The summed E-state index contributed by atoms with van der Waals surface area (Å²) in [5, 5.41) is 5.84. The van der Waals surface area contributed by atoms with Crippen LogP contribution in [0.5, 0.6) is 0 Å². The van der Waals surface area contributed by atoms with E-state index in [1.165, 1.54) is 0 Å². The summed E-state index contributed by atoms with van der Waals surface area (Å²) in [5.41, 5.74) is 0.639. The third-order valence-electron chi connectivity index (χ3n) is 1.87. The number of nitrogens with one attached hydrogen (secondary N) is 2. The predicted octanol–water partition coefficient (Wildman–Crippen LogP) is 2.44. The van der Waals surface area contributed by atoms with Crippen LogP contribution in [0.1, 0.15) is 12.8 Å². The zero-order valence-corrected chi connectivity index (χ0v) is 9.46. The second-order valence-electron chi connectivity index (χ2n) is 3.20. The van der Waals surface area contributed by atoms with Gasteiger partial charge in [-0.1, -0.05) is 17.7 Å². The van der Waals surface area contributed by atoms with Crippen molar-refractivity contribution in [1.29, 1.82) is 0 Å². The Morgan fingerprint density at radius 3 is 2.94 bits per heavy atom. The van der Waals surface area contributed by atoms with Crippen LogP contribution in [0.3, 0.4) is 0 Å². The van der Waals surface area contributed by atoms with Gasteiger partial charge in [-0.05, 0) is 24.6 Å².